The second-order valence-electron chi connectivity index (χ2n) is 9.70. The van der Waals surface area contributed by atoms with Crippen LogP contribution >= 0.6 is 10.6 Å². The average Bonchev–Trinajstić information content (AvgIpc) is 3.54. The van der Waals surface area contributed by atoms with Crippen LogP contribution in [0.2, 0.25) is 0 Å². The first kappa shape index (κ1) is 22.4. The maximum absolute atomic E-state index is 12.0. The molecule has 0 spiro atoms. The number of urea groups is 1. The summed E-state index contributed by atoms with van der Waals surface area (Å²) < 4.78 is 27.2. The summed E-state index contributed by atoms with van der Waals surface area (Å²) in [5.41, 5.74) is 2.18. The largest absolute Gasteiger partial charge is 0.377 e. The molecule has 9 nitrogen and oxygen atoms in total. The van der Waals surface area contributed by atoms with Gasteiger partial charge in [0.15, 0.2) is 11.6 Å². The number of benzene rings is 1. The fourth-order valence-corrected chi connectivity index (χ4v) is 6.08. The minimum Gasteiger partial charge on any atom is -0.377 e. The third kappa shape index (κ3) is 4.16. The molecule has 33 heavy (non-hydrogen) atoms. The van der Waals surface area contributed by atoms with Gasteiger partial charge in [-0.25, -0.2) is 14.8 Å². The first-order valence-corrected chi connectivity index (χ1v) is 12.9. The third-order valence-electron chi connectivity index (χ3n) is 6.52. The van der Waals surface area contributed by atoms with Crippen molar-refractivity contribution in [2.24, 2.45) is 0 Å². The smallest absolute Gasteiger partial charge is 0.319 e. The van der Waals surface area contributed by atoms with E-state index in [0.717, 1.165) is 18.4 Å². The number of nitrogens with zero attached hydrogens (tertiary/aromatic N) is 3. The quantitative estimate of drug-likeness (QED) is 0.528. The van der Waals surface area contributed by atoms with Crippen LogP contribution < -0.4 is 15.5 Å². The molecular formula is C23H31N5O4S. The van der Waals surface area contributed by atoms with Gasteiger partial charge in [0.25, 0.3) is 0 Å². The van der Waals surface area contributed by atoms with E-state index in [2.05, 4.69) is 15.5 Å². The highest BCUT2D eigenvalue weighted by molar-refractivity contribution is 8.25. The van der Waals surface area contributed by atoms with Crippen LogP contribution in [0.1, 0.15) is 39.3 Å². The van der Waals surface area contributed by atoms with E-state index >= 15 is 0 Å². The lowest BCUT2D eigenvalue weighted by Gasteiger charge is -2.43. The molecule has 3 aliphatic rings. The summed E-state index contributed by atoms with van der Waals surface area (Å²) in [5.74, 6) is 1.12. The van der Waals surface area contributed by atoms with Crippen molar-refractivity contribution in [2.45, 2.75) is 61.8 Å². The van der Waals surface area contributed by atoms with Gasteiger partial charge in [0.1, 0.15) is 4.90 Å². The summed E-state index contributed by atoms with van der Waals surface area (Å²) in [5, 5.41) is 5.75. The minimum absolute atomic E-state index is 0.0565. The van der Waals surface area contributed by atoms with E-state index < -0.39 is 15.3 Å². The van der Waals surface area contributed by atoms with Crippen LogP contribution in [0.15, 0.2) is 29.2 Å². The van der Waals surface area contributed by atoms with Crippen LogP contribution in [-0.2, 0) is 11.2 Å². The van der Waals surface area contributed by atoms with Crippen LogP contribution in [0.5, 0.6) is 0 Å². The number of rotatable bonds is 4. The second-order valence-corrected chi connectivity index (χ2v) is 12.3. The van der Waals surface area contributed by atoms with Crippen molar-refractivity contribution < 1.29 is 18.6 Å². The average molecular weight is 474 g/mol. The summed E-state index contributed by atoms with van der Waals surface area (Å²) in [6.07, 6.45) is 2.54. The zero-order valence-electron chi connectivity index (χ0n) is 19.2. The Morgan fingerprint density at radius 1 is 1.21 bits per heavy atom. The molecule has 3 heterocycles. The molecule has 1 aromatic heterocycles. The van der Waals surface area contributed by atoms with Gasteiger partial charge < -0.3 is 20.3 Å². The number of carbonyl (C=O) groups excluding carboxylic acids is 1. The number of aromatic nitrogens is 2. The van der Waals surface area contributed by atoms with Gasteiger partial charge in [0.2, 0.25) is 0 Å². The monoisotopic (exact) mass is 473 g/mol. The zero-order chi connectivity index (χ0) is 23.4. The molecule has 5 rings (SSSR count). The van der Waals surface area contributed by atoms with Crippen LogP contribution in [0.25, 0.3) is 11.4 Å². The van der Waals surface area contributed by atoms with Gasteiger partial charge in [-0.05, 0) is 57.9 Å². The van der Waals surface area contributed by atoms with E-state index in [4.69, 9.17) is 14.7 Å². The molecule has 4 N–H and O–H groups in total. The van der Waals surface area contributed by atoms with E-state index in [1.54, 1.807) is 0 Å². The first-order valence-electron chi connectivity index (χ1n) is 11.4. The number of amides is 2. The Kier molecular flexibility index (Phi) is 5.51. The number of anilines is 2. The van der Waals surface area contributed by atoms with Crippen LogP contribution in [0, 0.1) is 0 Å². The molecule has 1 saturated heterocycles. The van der Waals surface area contributed by atoms with E-state index in [1.807, 2.05) is 45.0 Å². The summed E-state index contributed by atoms with van der Waals surface area (Å²) in [6.45, 7) is 7.52. The van der Waals surface area contributed by atoms with Crippen molar-refractivity contribution in [3.8, 4) is 11.4 Å². The lowest BCUT2D eigenvalue weighted by molar-refractivity contribution is 0.0982. The lowest BCUT2D eigenvalue weighted by Crippen LogP contribution is -2.44. The molecule has 2 amide bonds. The number of nitrogens with one attached hydrogen (secondary N) is 2. The molecule has 178 valence electrons. The molecule has 2 fully saturated rings. The van der Waals surface area contributed by atoms with Gasteiger partial charge in [-0.2, -0.15) is 10.6 Å². The summed E-state index contributed by atoms with van der Waals surface area (Å²) >= 11 is 0. The van der Waals surface area contributed by atoms with Crippen molar-refractivity contribution in [1.82, 2.24) is 15.3 Å². The molecule has 10 heteroatoms. The van der Waals surface area contributed by atoms with Crippen molar-refractivity contribution in [3.63, 3.8) is 0 Å². The molecule has 1 aromatic carbocycles. The van der Waals surface area contributed by atoms with E-state index in [-0.39, 0.29) is 12.1 Å². The van der Waals surface area contributed by atoms with Crippen molar-refractivity contribution in [3.05, 3.63) is 30.0 Å². The third-order valence-corrected chi connectivity index (χ3v) is 9.19. The number of hydrogen-bond donors (Lipinski definition) is 4. The zero-order valence-corrected chi connectivity index (χ0v) is 20.0. The highest BCUT2D eigenvalue weighted by atomic mass is 32.3. The Hall–Kier alpha value is -2.40. The van der Waals surface area contributed by atoms with Gasteiger partial charge in [-0.3, -0.25) is 9.11 Å². The predicted molar refractivity (Wildman–Crippen MR) is 129 cm³/mol. The fraction of sp³-hybridized carbons (Fsp3) is 0.522. The summed E-state index contributed by atoms with van der Waals surface area (Å²) in [6, 6.07) is 7.55. The van der Waals surface area contributed by atoms with Crippen molar-refractivity contribution >= 4 is 28.1 Å². The van der Waals surface area contributed by atoms with E-state index in [9.17, 15) is 13.9 Å². The minimum atomic E-state index is -3.07. The highest BCUT2D eigenvalue weighted by Gasteiger charge is 2.48. The Morgan fingerprint density at radius 3 is 2.61 bits per heavy atom. The molecule has 1 aliphatic carbocycles. The number of ether oxygens (including phenoxy) is 1. The molecule has 0 radical (unpaired) electrons. The Labute approximate surface area is 195 Å². The molecule has 2 aliphatic heterocycles. The standard InChI is InChI=1S/C23H31N5O4S/c1-14-13-32-11-10-28(14)21-19-18(12-23(2,3)33(19,30)31)26-20(27-21)15-4-6-16(7-5-15)24-22(29)25-17-8-9-17/h4-7,14,17,30-31H,8-13H2,1-3H3,(H2,24,25,29). The summed E-state index contributed by atoms with van der Waals surface area (Å²) in [7, 11) is -3.07. The van der Waals surface area contributed by atoms with Gasteiger partial charge in [0.05, 0.1) is 29.7 Å². The van der Waals surface area contributed by atoms with E-state index in [0.29, 0.717) is 60.1 Å². The van der Waals surface area contributed by atoms with Crippen molar-refractivity contribution in [1.29, 1.82) is 0 Å². The van der Waals surface area contributed by atoms with Gasteiger partial charge in [-0.15, -0.1) is 0 Å². The molecule has 0 bridgehead atoms. The lowest BCUT2D eigenvalue weighted by atomic mass is 10.1. The summed E-state index contributed by atoms with van der Waals surface area (Å²) in [4.78, 5) is 24.2. The topological polar surface area (TPSA) is 120 Å². The first-order chi connectivity index (χ1) is 15.7. The Balaban J connectivity index is 1.50. The molecule has 1 atom stereocenters. The van der Waals surface area contributed by atoms with Gasteiger partial charge in [0, 0.05) is 30.3 Å². The number of fused-ring (bicyclic) bond motifs is 1. The van der Waals surface area contributed by atoms with Crippen LogP contribution in [0.3, 0.4) is 0 Å². The maximum atomic E-state index is 12.0. The molecule has 2 aromatic rings. The van der Waals surface area contributed by atoms with Crippen LogP contribution in [0.4, 0.5) is 16.3 Å². The second kappa shape index (κ2) is 8.12. The predicted octanol–water partition coefficient (Wildman–Crippen LogP) is 4.10. The van der Waals surface area contributed by atoms with E-state index in [1.165, 1.54) is 0 Å². The van der Waals surface area contributed by atoms with Gasteiger partial charge >= 0.3 is 6.03 Å². The number of hydrogen-bond acceptors (Lipinski definition) is 7. The number of morpholine rings is 1. The normalized spacial score (nSPS) is 24.2. The SMILES string of the molecule is CC1COCCN1c1nc(-c2ccc(NC(=O)NC3CC3)cc2)nc2c1S(O)(O)C(C)(C)C2. The maximum Gasteiger partial charge on any atom is 0.319 e. The molecular weight excluding hydrogens is 442 g/mol. The highest BCUT2D eigenvalue weighted by Crippen LogP contribution is 2.68. The van der Waals surface area contributed by atoms with Crippen LogP contribution in [-0.4, -0.2) is 61.7 Å². The number of carbonyl (C=O) groups is 1. The Morgan fingerprint density at radius 2 is 1.94 bits per heavy atom. The fourth-order valence-electron chi connectivity index (χ4n) is 4.32. The Bertz CT molecular complexity index is 1070. The van der Waals surface area contributed by atoms with Gasteiger partial charge in [-0.1, -0.05) is 0 Å². The van der Waals surface area contributed by atoms with Crippen molar-refractivity contribution in [2.75, 3.05) is 30.0 Å². The molecule has 1 saturated carbocycles. The molecule has 1 unspecified atom stereocenters.